The lowest BCUT2D eigenvalue weighted by Gasteiger charge is -2.06. The summed E-state index contributed by atoms with van der Waals surface area (Å²) in [5.41, 5.74) is 0. The number of ether oxygens (including phenoxy) is 1. The fourth-order valence-electron chi connectivity index (χ4n) is 0.769. The molecule has 0 amide bonds. The first-order chi connectivity index (χ1) is 5.66. The van der Waals surface area contributed by atoms with E-state index in [1.165, 1.54) is 0 Å². The lowest BCUT2D eigenvalue weighted by atomic mass is 10.3. The van der Waals surface area contributed by atoms with Crippen molar-refractivity contribution < 1.29 is 14.0 Å². The Morgan fingerprint density at radius 3 is 2.67 bits per heavy atom. The standard InChI is InChI=1S/C8H18O3Si/c1-7(2)10-6-4-5-8(9)11-12-3/h7H,4-6,12H2,1-3H3. The van der Waals surface area contributed by atoms with Gasteiger partial charge in [0, 0.05) is 13.0 Å². The second-order valence-corrected chi connectivity index (χ2v) is 3.69. The summed E-state index contributed by atoms with van der Waals surface area (Å²) in [6.07, 6.45) is 1.51. The van der Waals surface area contributed by atoms with Crippen LogP contribution in [-0.2, 0) is 14.0 Å². The van der Waals surface area contributed by atoms with Gasteiger partial charge in [0.15, 0.2) is 0 Å². The number of hydrogen-bond acceptors (Lipinski definition) is 3. The van der Waals surface area contributed by atoms with Crippen molar-refractivity contribution in [3.63, 3.8) is 0 Å². The Morgan fingerprint density at radius 1 is 1.50 bits per heavy atom. The van der Waals surface area contributed by atoms with E-state index in [9.17, 15) is 4.79 Å². The van der Waals surface area contributed by atoms with Crippen molar-refractivity contribution >= 4 is 15.7 Å². The van der Waals surface area contributed by atoms with Gasteiger partial charge >= 0.3 is 0 Å². The van der Waals surface area contributed by atoms with Crippen LogP contribution in [0.3, 0.4) is 0 Å². The Hall–Kier alpha value is -0.353. The summed E-state index contributed by atoms with van der Waals surface area (Å²) in [5.74, 6) is -0.0727. The first kappa shape index (κ1) is 11.6. The summed E-state index contributed by atoms with van der Waals surface area (Å²) < 4.78 is 10.2. The van der Waals surface area contributed by atoms with Crippen molar-refractivity contribution in [1.82, 2.24) is 0 Å². The highest BCUT2D eigenvalue weighted by molar-refractivity contribution is 6.28. The van der Waals surface area contributed by atoms with E-state index in [4.69, 9.17) is 9.16 Å². The molecule has 0 aromatic rings. The van der Waals surface area contributed by atoms with Gasteiger partial charge in [-0.2, -0.15) is 0 Å². The zero-order valence-corrected chi connectivity index (χ0v) is 9.54. The molecule has 0 unspecified atom stereocenters. The molecule has 0 aliphatic heterocycles. The molecule has 0 spiro atoms. The highest BCUT2D eigenvalue weighted by Crippen LogP contribution is 1.95. The minimum absolute atomic E-state index is 0.0727. The molecule has 0 fully saturated rings. The van der Waals surface area contributed by atoms with Gasteiger partial charge in [0.2, 0.25) is 9.76 Å². The molecule has 72 valence electrons. The fraction of sp³-hybridized carbons (Fsp3) is 0.875. The first-order valence-corrected chi connectivity index (χ1v) is 6.43. The number of hydrogen-bond donors (Lipinski definition) is 0. The molecule has 12 heavy (non-hydrogen) atoms. The summed E-state index contributed by atoms with van der Waals surface area (Å²) in [7, 11) is -0.574. The number of carbonyl (C=O) groups is 1. The average molecular weight is 190 g/mol. The van der Waals surface area contributed by atoms with Gasteiger partial charge in [0.05, 0.1) is 6.10 Å². The van der Waals surface area contributed by atoms with Crippen molar-refractivity contribution in [2.45, 2.75) is 39.3 Å². The average Bonchev–Trinajstić information content (AvgIpc) is 1.98. The molecule has 0 N–H and O–H groups in total. The van der Waals surface area contributed by atoms with Gasteiger partial charge in [-0.15, -0.1) is 0 Å². The smallest absolute Gasteiger partial charge is 0.292 e. The summed E-state index contributed by atoms with van der Waals surface area (Å²) >= 11 is 0. The van der Waals surface area contributed by atoms with Crippen LogP contribution in [0.15, 0.2) is 0 Å². The molecular weight excluding hydrogens is 172 g/mol. The van der Waals surface area contributed by atoms with Crippen LogP contribution >= 0.6 is 0 Å². The third-order valence-electron chi connectivity index (χ3n) is 1.28. The Bertz CT molecular complexity index is 125. The minimum atomic E-state index is -0.574. The van der Waals surface area contributed by atoms with Crippen LogP contribution in [0.2, 0.25) is 6.55 Å². The van der Waals surface area contributed by atoms with E-state index in [0.717, 1.165) is 6.42 Å². The van der Waals surface area contributed by atoms with Gasteiger partial charge < -0.3 is 9.16 Å². The van der Waals surface area contributed by atoms with Crippen LogP contribution in [0.4, 0.5) is 0 Å². The molecule has 0 saturated carbocycles. The predicted octanol–water partition coefficient (Wildman–Crippen LogP) is 0.867. The van der Waals surface area contributed by atoms with Crippen molar-refractivity contribution in [1.29, 1.82) is 0 Å². The molecule has 0 aliphatic carbocycles. The number of carbonyl (C=O) groups excluding carboxylic acids is 1. The van der Waals surface area contributed by atoms with Crippen LogP contribution in [0.1, 0.15) is 26.7 Å². The molecule has 4 heteroatoms. The van der Waals surface area contributed by atoms with Crippen molar-refractivity contribution in [3.05, 3.63) is 0 Å². The highest BCUT2D eigenvalue weighted by Gasteiger charge is 2.00. The van der Waals surface area contributed by atoms with Gasteiger partial charge in [-0.3, -0.25) is 4.79 Å². The maximum atomic E-state index is 10.8. The largest absolute Gasteiger partial charge is 0.525 e. The van der Waals surface area contributed by atoms with Crippen LogP contribution in [0, 0.1) is 0 Å². The van der Waals surface area contributed by atoms with Crippen LogP contribution in [0.5, 0.6) is 0 Å². The van der Waals surface area contributed by atoms with Gasteiger partial charge in [0.25, 0.3) is 5.97 Å². The molecule has 3 nitrogen and oxygen atoms in total. The maximum absolute atomic E-state index is 10.8. The molecule has 0 bridgehead atoms. The van der Waals surface area contributed by atoms with E-state index in [-0.39, 0.29) is 12.1 Å². The van der Waals surface area contributed by atoms with Crippen LogP contribution < -0.4 is 0 Å². The van der Waals surface area contributed by atoms with E-state index in [0.29, 0.717) is 13.0 Å². The third kappa shape index (κ3) is 7.75. The summed E-state index contributed by atoms with van der Waals surface area (Å²) in [6, 6.07) is 0. The lowest BCUT2D eigenvalue weighted by molar-refractivity contribution is -0.134. The third-order valence-corrected chi connectivity index (χ3v) is 1.89. The molecule has 0 aromatic carbocycles. The molecule has 0 saturated heterocycles. The Labute approximate surface area is 76.4 Å². The predicted molar refractivity (Wildman–Crippen MR) is 50.8 cm³/mol. The Kier molecular flexibility index (Phi) is 7.09. The number of rotatable bonds is 6. The lowest BCUT2D eigenvalue weighted by Crippen LogP contribution is -2.09. The van der Waals surface area contributed by atoms with E-state index < -0.39 is 9.76 Å². The summed E-state index contributed by atoms with van der Waals surface area (Å²) in [4.78, 5) is 10.8. The molecule has 0 heterocycles. The topological polar surface area (TPSA) is 35.5 Å². The van der Waals surface area contributed by atoms with E-state index in [2.05, 4.69) is 0 Å². The molecule has 0 radical (unpaired) electrons. The van der Waals surface area contributed by atoms with Crippen molar-refractivity contribution in [2.24, 2.45) is 0 Å². The SMILES string of the molecule is C[SiH2]OC(=O)CCCOC(C)C. The van der Waals surface area contributed by atoms with E-state index >= 15 is 0 Å². The van der Waals surface area contributed by atoms with Gasteiger partial charge in [-0.05, 0) is 26.8 Å². The first-order valence-electron chi connectivity index (χ1n) is 4.44. The quantitative estimate of drug-likeness (QED) is 0.460. The van der Waals surface area contributed by atoms with E-state index in [1.54, 1.807) is 0 Å². The molecule has 0 aromatic heterocycles. The zero-order chi connectivity index (χ0) is 9.40. The molecule has 0 atom stereocenters. The van der Waals surface area contributed by atoms with Gasteiger partial charge in [-0.25, -0.2) is 0 Å². The molecular formula is C8H18O3Si. The monoisotopic (exact) mass is 190 g/mol. The van der Waals surface area contributed by atoms with Crippen molar-refractivity contribution in [2.75, 3.05) is 6.61 Å². The minimum Gasteiger partial charge on any atom is -0.525 e. The zero-order valence-electron chi connectivity index (χ0n) is 8.13. The normalized spacial score (nSPS) is 11.3. The van der Waals surface area contributed by atoms with Crippen LogP contribution in [0.25, 0.3) is 0 Å². The summed E-state index contributed by atoms with van der Waals surface area (Å²) in [5, 5.41) is 0. The van der Waals surface area contributed by atoms with Gasteiger partial charge in [0.1, 0.15) is 0 Å². The second-order valence-electron chi connectivity index (χ2n) is 2.83. The summed E-state index contributed by atoms with van der Waals surface area (Å²) in [6.45, 7) is 6.56. The molecule has 0 rings (SSSR count). The maximum Gasteiger partial charge on any atom is 0.292 e. The van der Waals surface area contributed by atoms with Crippen LogP contribution in [-0.4, -0.2) is 28.4 Å². The Balaban J connectivity index is 3.14. The van der Waals surface area contributed by atoms with E-state index in [1.807, 2.05) is 20.4 Å². The fourth-order valence-corrected chi connectivity index (χ4v) is 1.24. The Morgan fingerprint density at radius 2 is 2.17 bits per heavy atom. The highest BCUT2D eigenvalue weighted by atomic mass is 28.2. The van der Waals surface area contributed by atoms with Crippen molar-refractivity contribution in [3.8, 4) is 0 Å². The van der Waals surface area contributed by atoms with Gasteiger partial charge in [-0.1, -0.05) is 0 Å². The second kappa shape index (κ2) is 7.30. The molecule has 0 aliphatic rings.